The van der Waals surface area contributed by atoms with Crippen molar-refractivity contribution in [3.05, 3.63) is 0 Å². The van der Waals surface area contributed by atoms with Crippen LogP contribution in [0.3, 0.4) is 0 Å². The number of hydrogen-bond donors (Lipinski definition) is 1. The van der Waals surface area contributed by atoms with Crippen LogP contribution in [0, 0.1) is 5.92 Å². The SMILES string of the molecule is CC(C)CCNCCN1CC2CCCN2CC1C. The molecule has 0 spiro atoms. The third kappa shape index (κ3) is 3.94. The minimum absolute atomic E-state index is 0.742. The molecule has 18 heavy (non-hydrogen) atoms. The number of fused-ring (bicyclic) bond motifs is 1. The summed E-state index contributed by atoms with van der Waals surface area (Å²) in [5.74, 6) is 0.818. The third-order valence-electron chi connectivity index (χ3n) is 4.54. The maximum absolute atomic E-state index is 3.59. The largest absolute Gasteiger partial charge is 0.315 e. The van der Waals surface area contributed by atoms with Gasteiger partial charge in [0.25, 0.3) is 0 Å². The summed E-state index contributed by atoms with van der Waals surface area (Å²) < 4.78 is 0. The summed E-state index contributed by atoms with van der Waals surface area (Å²) in [6.07, 6.45) is 4.13. The Kier molecular flexibility index (Phi) is 5.46. The summed E-state index contributed by atoms with van der Waals surface area (Å²) in [7, 11) is 0. The highest BCUT2D eigenvalue weighted by molar-refractivity contribution is 4.90. The van der Waals surface area contributed by atoms with E-state index in [1.54, 1.807) is 0 Å². The Labute approximate surface area is 113 Å². The lowest BCUT2D eigenvalue weighted by Crippen LogP contribution is -2.56. The molecule has 2 fully saturated rings. The minimum atomic E-state index is 0.742. The molecule has 2 unspecified atom stereocenters. The molecule has 0 saturated carbocycles. The molecule has 0 bridgehead atoms. The van der Waals surface area contributed by atoms with Crippen molar-refractivity contribution in [3.63, 3.8) is 0 Å². The molecule has 0 amide bonds. The maximum Gasteiger partial charge on any atom is 0.0224 e. The third-order valence-corrected chi connectivity index (χ3v) is 4.54. The summed E-state index contributed by atoms with van der Waals surface area (Å²) >= 11 is 0. The first-order valence-electron chi connectivity index (χ1n) is 7.85. The molecule has 3 nitrogen and oxygen atoms in total. The van der Waals surface area contributed by atoms with E-state index in [0.717, 1.165) is 24.5 Å². The first kappa shape index (κ1) is 14.3. The average molecular weight is 253 g/mol. The van der Waals surface area contributed by atoms with Gasteiger partial charge >= 0.3 is 0 Å². The van der Waals surface area contributed by atoms with Gasteiger partial charge in [0.2, 0.25) is 0 Å². The second-order valence-electron chi connectivity index (χ2n) is 6.57. The van der Waals surface area contributed by atoms with Gasteiger partial charge in [-0.25, -0.2) is 0 Å². The lowest BCUT2D eigenvalue weighted by Gasteiger charge is -2.42. The van der Waals surface area contributed by atoms with Gasteiger partial charge in [-0.15, -0.1) is 0 Å². The molecule has 2 heterocycles. The van der Waals surface area contributed by atoms with E-state index in [9.17, 15) is 0 Å². The van der Waals surface area contributed by atoms with Gasteiger partial charge in [-0.2, -0.15) is 0 Å². The molecular formula is C15H31N3. The quantitative estimate of drug-likeness (QED) is 0.728. The zero-order chi connectivity index (χ0) is 13.0. The van der Waals surface area contributed by atoms with E-state index in [0.29, 0.717) is 0 Å². The Morgan fingerprint density at radius 2 is 2.06 bits per heavy atom. The van der Waals surface area contributed by atoms with Crippen molar-refractivity contribution in [3.8, 4) is 0 Å². The van der Waals surface area contributed by atoms with Crippen molar-refractivity contribution in [1.29, 1.82) is 0 Å². The van der Waals surface area contributed by atoms with Crippen LogP contribution >= 0.6 is 0 Å². The molecule has 0 aromatic rings. The maximum atomic E-state index is 3.59. The molecule has 2 saturated heterocycles. The Balaban J connectivity index is 1.63. The highest BCUT2D eigenvalue weighted by Crippen LogP contribution is 2.23. The van der Waals surface area contributed by atoms with Crippen LogP contribution in [0.5, 0.6) is 0 Å². The van der Waals surface area contributed by atoms with E-state index in [4.69, 9.17) is 0 Å². The van der Waals surface area contributed by atoms with E-state index in [1.165, 1.54) is 52.0 Å². The smallest absolute Gasteiger partial charge is 0.0224 e. The lowest BCUT2D eigenvalue weighted by atomic mass is 10.1. The molecule has 0 aromatic carbocycles. The van der Waals surface area contributed by atoms with E-state index < -0.39 is 0 Å². The number of nitrogens with zero attached hydrogens (tertiary/aromatic N) is 2. The van der Waals surface area contributed by atoms with Crippen LogP contribution in [0.4, 0.5) is 0 Å². The molecule has 3 heteroatoms. The standard InChI is InChI=1S/C15H31N3/c1-13(2)6-7-16-8-10-17-12-15-5-4-9-18(15)11-14(17)3/h13-16H,4-12H2,1-3H3. The fraction of sp³-hybridized carbons (Fsp3) is 1.00. The molecule has 2 rings (SSSR count). The van der Waals surface area contributed by atoms with Crippen molar-refractivity contribution in [2.24, 2.45) is 5.92 Å². The zero-order valence-corrected chi connectivity index (χ0v) is 12.5. The van der Waals surface area contributed by atoms with Crippen molar-refractivity contribution >= 4 is 0 Å². The van der Waals surface area contributed by atoms with Crippen LogP contribution < -0.4 is 5.32 Å². The van der Waals surface area contributed by atoms with Gasteiger partial charge in [-0.05, 0) is 45.2 Å². The summed E-state index contributed by atoms with van der Waals surface area (Å²) in [5, 5.41) is 3.59. The summed E-state index contributed by atoms with van der Waals surface area (Å²) in [5.41, 5.74) is 0. The summed E-state index contributed by atoms with van der Waals surface area (Å²) in [6, 6.07) is 1.60. The van der Waals surface area contributed by atoms with E-state index in [2.05, 4.69) is 35.9 Å². The molecule has 2 aliphatic heterocycles. The zero-order valence-electron chi connectivity index (χ0n) is 12.5. The average Bonchev–Trinajstić information content (AvgIpc) is 2.75. The van der Waals surface area contributed by atoms with Crippen LogP contribution in [-0.2, 0) is 0 Å². The predicted molar refractivity (Wildman–Crippen MR) is 78.0 cm³/mol. The van der Waals surface area contributed by atoms with Gasteiger partial charge in [0, 0.05) is 38.3 Å². The summed E-state index contributed by atoms with van der Waals surface area (Å²) in [4.78, 5) is 5.39. The number of nitrogens with one attached hydrogen (secondary N) is 1. The van der Waals surface area contributed by atoms with Crippen molar-refractivity contribution in [2.75, 3.05) is 39.3 Å². The highest BCUT2D eigenvalue weighted by atomic mass is 15.3. The van der Waals surface area contributed by atoms with Gasteiger partial charge in [0.05, 0.1) is 0 Å². The molecule has 1 N–H and O–H groups in total. The molecule has 2 atom stereocenters. The predicted octanol–water partition coefficient (Wildman–Crippen LogP) is 1.79. The first-order valence-corrected chi connectivity index (χ1v) is 7.85. The fourth-order valence-electron chi connectivity index (χ4n) is 3.30. The van der Waals surface area contributed by atoms with Crippen molar-refractivity contribution < 1.29 is 0 Å². The van der Waals surface area contributed by atoms with Crippen LogP contribution in [0.15, 0.2) is 0 Å². The molecule has 2 aliphatic rings. The molecule has 0 aliphatic carbocycles. The van der Waals surface area contributed by atoms with Crippen LogP contribution in [0.2, 0.25) is 0 Å². The van der Waals surface area contributed by atoms with Crippen molar-refractivity contribution in [1.82, 2.24) is 15.1 Å². The van der Waals surface area contributed by atoms with Crippen molar-refractivity contribution in [2.45, 2.75) is 52.1 Å². The fourth-order valence-corrected chi connectivity index (χ4v) is 3.30. The van der Waals surface area contributed by atoms with Gasteiger partial charge in [-0.1, -0.05) is 13.8 Å². The normalized spacial score (nSPS) is 30.0. The topological polar surface area (TPSA) is 18.5 Å². The first-order chi connectivity index (χ1) is 8.66. The van der Waals surface area contributed by atoms with E-state index >= 15 is 0 Å². The van der Waals surface area contributed by atoms with Gasteiger partial charge in [0.15, 0.2) is 0 Å². The van der Waals surface area contributed by atoms with Crippen LogP contribution in [0.25, 0.3) is 0 Å². The second-order valence-corrected chi connectivity index (χ2v) is 6.57. The number of piperazine rings is 1. The van der Waals surface area contributed by atoms with Gasteiger partial charge in [0.1, 0.15) is 0 Å². The lowest BCUT2D eigenvalue weighted by molar-refractivity contribution is 0.0604. The molecule has 0 aromatic heterocycles. The Morgan fingerprint density at radius 3 is 2.83 bits per heavy atom. The number of rotatable bonds is 6. The number of hydrogen-bond acceptors (Lipinski definition) is 3. The Hall–Kier alpha value is -0.120. The van der Waals surface area contributed by atoms with E-state index in [-0.39, 0.29) is 0 Å². The Morgan fingerprint density at radius 1 is 1.22 bits per heavy atom. The highest BCUT2D eigenvalue weighted by Gasteiger charge is 2.33. The van der Waals surface area contributed by atoms with Gasteiger partial charge in [-0.3, -0.25) is 9.80 Å². The summed E-state index contributed by atoms with van der Waals surface area (Å²) in [6.45, 7) is 14.5. The second kappa shape index (κ2) is 6.88. The monoisotopic (exact) mass is 253 g/mol. The van der Waals surface area contributed by atoms with E-state index in [1.807, 2.05) is 0 Å². The molecular weight excluding hydrogens is 222 g/mol. The molecule has 0 radical (unpaired) electrons. The van der Waals surface area contributed by atoms with Crippen LogP contribution in [0.1, 0.15) is 40.0 Å². The van der Waals surface area contributed by atoms with Gasteiger partial charge < -0.3 is 5.32 Å². The Bertz CT molecular complexity index is 242. The molecule has 106 valence electrons. The minimum Gasteiger partial charge on any atom is -0.315 e. The van der Waals surface area contributed by atoms with Crippen LogP contribution in [-0.4, -0.2) is 61.2 Å².